The monoisotopic (exact) mass is 520 g/mol. The summed E-state index contributed by atoms with van der Waals surface area (Å²) in [6, 6.07) is 7.96. The van der Waals surface area contributed by atoms with Crippen LogP contribution in [-0.2, 0) is 0 Å². The minimum atomic E-state index is 0.191. The van der Waals surface area contributed by atoms with Crippen LogP contribution in [0.1, 0.15) is 21.0 Å². The number of hydrogen-bond acceptors (Lipinski definition) is 7. The Hall–Kier alpha value is -1.13. The number of hydrogen-bond donors (Lipinski definition) is 1. The molecule has 0 bridgehead atoms. The summed E-state index contributed by atoms with van der Waals surface area (Å²) in [4.78, 5) is 0. The highest BCUT2D eigenvalue weighted by atomic mass is 127. The van der Waals surface area contributed by atoms with E-state index in [4.69, 9.17) is 18.9 Å². The summed E-state index contributed by atoms with van der Waals surface area (Å²) in [6.07, 6.45) is 0. The van der Waals surface area contributed by atoms with E-state index < -0.39 is 0 Å². The second-order valence-corrected chi connectivity index (χ2v) is 9.71. The van der Waals surface area contributed by atoms with Crippen molar-refractivity contribution in [1.29, 1.82) is 0 Å². The Morgan fingerprint density at radius 2 is 1.48 bits per heavy atom. The van der Waals surface area contributed by atoms with E-state index in [9.17, 15) is 5.11 Å². The van der Waals surface area contributed by atoms with E-state index in [2.05, 4.69) is 22.6 Å². The standard InChI is InChI=1S/C19H21IO5S2/c1-22-13-8-11(5-12(20)17(13)21)19-26-9-16(27-19)10-6-14(23-2)18(25-4)15(7-10)24-3/h5-8,16,19,21H,9H2,1-4H3. The Bertz CT molecular complexity index is 805. The van der Waals surface area contributed by atoms with Crippen LogP contribution in [0.5, 0.6) is 28.7 Å². The summed E-state index contributed by atoms with van der Waals surface area (Å²) < 4.78 is 22.7. The zero-order valence-electron chi connectivity index (χ0n) is 15.4. The highest BCUT2D eigenvalue weighted by Gasteiger charge is 2.31. The van der Waals surface area contributed by atoms with Crippen LogP contribution < -0.4 is 18.9 Å². The van der Waals surface area contributed by atoms with E-state index in [1.54, 1.807) is 28.4 Å². The van der Waals surface area contributed by atoms with Gasteiger partial charge in [-0.1, -0.05) is 0 Å². The number of methoxy groups -OCH3 is 4. The molecule has 2 atom stereocenters. The molecule has 0 radical (unpaired) electrons. The number of rotatable bonds is 6. The first-order valence-corrected chi connectivity index (χ1v) is 11.2. The molecule has 146 valence electrons. The van der Waals surface area contributed by atoms with E-state index >= 15 is 0 Å². The van der Waals surface area contributed by atoms with Gasteiger partial charge >= 0.3 is 0 Å². The molecular weight excluding hydrogens is 499 g/mol. The molecule has 27 heavy (non-hydrogen) atoms. The fraction of sp³-hybridized carbons (Fsp3) is 0.368. The molecule has 2 aromatic rings. The van der Waals surface area contributed by atoms with Crippen molar-refractivity contribution >= 4 is 46.1 Å². The maximum Gasteiger partial charge on any atom is 0.203 e. The topological polar surface area (TPSA) is 57.2 Å². The van der Waals surface area contributed by atoms with Crippen LogP contribution in [0.25, 0.3) is 0 Å². The Morgan fingerprint density at radius 1 is 0.889 bits per heavy atom. The van der Waals surface area contributed by atoms with Crippen LogP contribution in [0, 0.1) is 3.57 Å². The normalized spacial score (nSPS) is 19.0. The van der Waals surface area contributed by atoms with Crippen LogP contribution in [0.15, 0.2) is 24.3 Å². The predicted octanol–water partition coefficient (Wildman–Crippen LogP) is 5.25. The lowest BCUT2D eigenvalue weighted by molar-refractivity contribution is 0.324. The first kappa shape index (κ1) is 20.6. The van der Waals surface area contributed by atoms with Crippen molar-refractivity contribution in [2.24, 2.45) is 0 Å². The van der Waals surface area contributed by atoms with E-state index in [0.717, 1.165) is 20.4 Å². The van der Waals surface area contributed by atoms with E-state index in [1.165, 1.54) is 0 Å². The van der Waals surface area contributed by atoms with Gasteiger partial charge in [-0.3, -0.25) is 0 Å². The second-order valence-electron chi connectivity index (χ2n) is 5.80. The molecule has 0 aliphatic carbocycles. The van der Waals surface area contributed by atoms with Crippen molar-refractivity contribution in [2.75, 3.05) is 34.2 Å². The summed E-state index contributed by atoms with van der Waals surface area (Å²) in [7, 11) is 6.44. The maximum absolute atomic E-state index is 10.1. The molecule has 1 N–H and O–H groups in total. The SMILES string of the molecule is COc1cc(C2SCC(c3cc(OC)c(OC)c(OC)c3)S2)cc(I)c1O. The lowest BCUT2D eigenvalue weighted by Crippen LogP contribution is -1.99. The Balaban J connectivity index is 1.87. The van der Waals surface area contributed by atoms with Gasteiger partial charge < -0.3 is 24.1 Å². The van der Waals surface area contributed by atoms with Gasteiger partial charge in [0.2, 0.25) is 5.75 Å². The maximum atomic E-state index is 10.1. The van der Waals surface area contributed by atoms with Gasteiger partial charge in [0, 0.05) is 11.0 Å². The fourth-order valence-corrected chi connectivity index (χ4v) is 6.81. The number of benzene rings is 2. The highest BCUT2D eigenvalue weighted by molar-refractivity contribution is 14.1. The summed E-state index contributed by atoms with van der Waals surface area (Å²) in [5, 5.41) is 10.4. The molecule has 5 nitrogen and oxygen atoms in total. The average Bonchev–Trinajstić information content (AvgIpc) is 3.18. The molecule has 8 heteroatoms. The Labute approximate surface area is 181 Å². The molecular formula is C19H21IO5S2. The third-order valence-corrected chi connectivity index (χ3v) is 8.45. The predicted molar refractivity (Wildman–Crippen MR) is 119 cm³/mol. The number of thioether (sulfide) groups is 2. The Kier molecular flexibility index (Phi) is 6.80. The van der Waals surface area contributed by atoms with E-state index in [-0.39, 0.29) is 10.3 Å². The summed E-state index contributed by atoms with van der Waals surface area (Å²) in [5.41, 5.74) is 2.28. The van der Waals surface area contributed by atoms with Crippen LogP contribution in [0.4, 0.5) is 0 Å². The zero-order chi connectivity index (χ0) is 19.6. The van der Waals surface area contributed by atoms with Gasteiger partial charge in [-0.15, -0.1) is 23.5 Å². The molecule has 2 aromatic carbocycles. The first-order valence-electron chi connectivity index (χ1n) is 8.15. The number of ether oxygens (including phenoxy) is 4. The first-order chi connectivity index (χ1) is 13.0. The molecule has 2 unspecified atom stereocenters. The minimum absolute atomic E-state index is 0.191. The van der Waals surface area contributed by atoms with E-state index in [1.807, 2.05) is 47.8 Å². The second kappa shape index (κ2) is 8.91. The molecule has 1 saturated heterocycles. The lowest BCUT2D eigenvalue weighted by atomic mass is 10.1. The van der Waals surface area contributed by atoms with Gasteiger partial charge in [0.25, 0.3) is 0 Å². The average molecular weight is 520 g/mol. The van der Waals surface area contributed by atoms with Crippen molar-refractivity contribution in [3.05, 3.63) is 39.0 Å². The molecule has 1 aliphatic heterocycles. The fourth-order valence-electron chi connectivity index (χ4n) is 2.92. The van der Waals surface area contributed by atoms with Gasteiger partial charge in [-0.05, 0) is 58.0 Å². The summed E-state index contributed by atoms with van der Waals surface area (Å²) >= 11 is 5.88. The number of phenolic OH excluding ortho intramolecular Hbond substituents is 1. The van der Waals surface area contributed by atoms with Crippen molar-refractivity contribution in [3.63, 3.8) is 0 Å². The van der Waals surface area contributed by atoms with Gasteiger partial charge in [0.15, 0.2) is 23.0 Å². The third kappa shape index (κ3) is 4.17. The largest absolute Gasteiger partial charge is 0.504 e. The molecule has 3 rings (SSSR count). The molecule has 1 heterocycles. The van der Waals surface area contributed by atoms with Gasteiger partial charge in [-0.2, -0.15) is 0 Å². The molecule has 0 aromatic heterocycles. The molecule has 1 aliphatic rings. The quantitative estimate of drug-likeness (QED) is 0.523. The summed E-state index contributed by atoms with van der Waals surface area (Å²) in [6.45, 7) is 0. The smallest absolute Gasteiger partial charge is 0.203 e. The van der Waals surface area contributed by atoms with Crippen molar-refractivity contribution in [3.8, 4) is 28.7 Å². The summed E-state index contributed by atoms with van der Waals surface area (Å²) in [5.74, 6) is 3.61. The zero-order valence-corrected chi connectivity index (χ0v) is 19.2. The number of aromatic hydroxyl groups is 1. The molecule has 1 fully saturated rings. The van der Waals surface area contributed by atoms with Crippen LogP contribution >= 0.6 is 46.1 Å². The van der Waals surface area contributed by atoms with Gasteiger partial charge in [0.05, 0.1) is 36.6 Å². The molecule has 0 amide bonds. The van der Waals surface area contributed by atoms with Crippen molar-refractivity contribution in [2.45, 2.75) is 9.83 Å². The van der Waals surface area contributed by atoms with Gasteiger partial charge in [0.1, 0.15) is 0 Å². The molecule has 0 saturated carbocycles. The van der Waals surface area contributed by atoms with Gasteiger partial charge in [-0.25, -0.2) is 0 Å². The van der Waals surface area contributed by atoms with Crippen molar-refractivity contribution in [1.82, 2.24) is 0 Å². The highest BCUT2D eigenvalue weighted by Crippen LogP contribution is 2.57. The minimum Gasteiger partial charge on any atom is -0.504 e. The molecule has 0 spiro atoms. The number of halogens is 1. The van der Waals surface area contributed by atoms with Crippen LogP contribution in [-0.4, -0.2) is 39.3 Å². The number of phenols is 1. The van der Waals surface area contributed by atoms with Crippen LogP contribution in [0.3, 0.4) is 0 Å². The van der Waals surface area contributed by atoms with Crippen molar-refractivity contribution < 1.29 is 24.1 Å². The Morgan fingerprint density at radius 3 is 2.04 bits per heavy atom. The van der Waals surface area contributed by atoms with Crippen LogP contribution in [0.2, 0.25) is 0 Å². The lowest BCUT2D eigenvalue weighted by Gasteiger charge is -2.17. The third-order valence-electron chi connectivity index (χ3n) is 4.29. The van der Waals surface area contributed by atoms with E-state index in [0.29, 0.717) is 28.2 Å².